The first-order chi connectivity index (χ1) is 7.43. The molecular formula is C12H15N3. The Kier molecular flexibility index (Phi) is 2.18. The summed E-state index contributed by atoms with van der Waals surface area (Å²) in [5.74, 6) is 0. The van der Waals surface area contributed by atoms with E-state index < -0.39 is 0 Å². The highest BCUT2D eigenvalue weighted by molar-refractivity contribution is 5.74. The van der Waals surface area contributed by atoms with Gasteiger partial charge < -0.3 is 10.3 Å². The maximum atomic E-state index is 4.67. The number of nitrogens with zero attached hydrogens (tertiary/aromatic N) is 1. The summed E-state index contributed by atoms with van der Waals surface area (Å²) in [5, 5.41) is 3.52. The summed E-state index contributed by atoms with van der Waals surface area (Å²) in [4.78, 5) is 7.83. The fourth-order valence-corrected chi connectivity index (χ4v) is 2.25. The molecule has 0 unspecified atom stereocenters. The second-order valence-electron chi connectivity index (χ2n) is 4.15. The van der Waals surface area contributed by atoms with Gasteiger partial charge >= 0.3 is 0 Å². The summed E-state index contributed by atoms with van der Waals surface area (Å²) in [7, 11) is 0. The zero-order valence-corrected chi connectivity index (χ0v) is 8.66. The van der Waals surface area contributed by atoms with Crippen LogP contribution < -0.4 is 5.32 Å². The van der Waals surface area contributed by atoms with Gasteiger partial charge in [0.25, 0.3) is 0 Å². The maximum Gasteiger partial charge on any atom is 0.0882 e. The van der Waals surface area contributed by atoms with E-state index in [-0.39, 0.29) is 0 Å². The third-order valence-corrected chi connectivity index (χ3v) is 3.09. The first-order valence-corrected chi connectivity index (χ1v) is 5.61. The van der Waals surface area contributed by atoms with Crippen LogP contribution in [0.1, 0.15) is 31.0 Å². The van der Waals surface area contributed by atoms with Crippen molar-refractivity contribution in [2.24, 2.45) is 0 Å². The Morgan fingerprint density at radius 3 is 3.07 bits per heavy atom. The Morgan fingerprint density at radius 2 is 2.20 bits per heavy atom. The first-order valence-electron chi connectivity index (χ1n) is 5.61. The Labute approximate surface area is 88.9 Å². The van der Waals surface area contributed by atoms with E-state index in [4.69, 9.17) is 0 Å². The summed E-state index contributed by atoms with van der Waals surface area (Å²) in [6, 6.07) is 6.73. The molecule has 2 N–H and O–H groups in total. The zero-order chi connectivity index (χ0) is 10.1. The van der Waals surface area contributed by atoms with E-state index in [2.05, 4.69) is 27.4 Å². The second kappa shape index (κ2) is 3.66. The molecule has 0 saturated carbocycles. The summed E-state index contributed by atoms with van der Waals surface area (Å²) in [5.41, 5.74) is 3.37. The van der Waals surface area contributed by atoms with Crippen molar-refractivity contribution in [1.29, 1.82) is 0 Å². The summed E-state index contributed by atoms with van der Waals surface area (Å²) in [6.45, 7) is 1.12. The molecule has 2 aromatic rings. The van der Waals surface area contributed by atoms with Crippen molar-refractivity contribution in [3.63, 3.8) is 0 Å². The Balaban J connectivity index is 1.95. The molecule has 0 aromatic carbocycles. The predicted octanol–water partition coefficient (Wildman–Crippen LogP) is 2.38. The standard InChI is InChI=1S/C12H15N3/c1-2-7-13-9(3-1)11-5-4-10-12(15-11)6-8-14-10/h4-6,8-9,13-14H,1-3,7H2/t9-/m1/s1. The van der Waals surface area contributed by atoms with Gasteiger partial charge in [-0.25, -0.2) is 4.98 Å². The number of piperidine rings is 1. The molecule has 15 heavy (non-hydrogen) atoms. The molecule has 3 heteroatoms. The van der Waals surface area contributed by atoms with Gasteiger partial charge in [0.05, 0.1) is 16.7 Å². The van der Waals surface area contributed by atoms with Crippen LogP contribution in [0.4, 0.5) is 0 Å². The smallest absolute Gasteiger partial charge is 0.0882 e. The molecule has 78 valence electrons. The van der Waals surface area contributed by atoms with E-state index >= 15 is 0 Å². The quantitative estimate of drug-likeness (QED) is 0.743. The molecule has 0 bridgehead atoms. The van der Waals surface area contributed by atoms with Crippen molar-refractivity contribution < 1.29 is 0 Å². The number of aromatic nitrogens is 2. The lowest BCUT2D eigenvalue weighted by Gasteiger charge is -2.22. The van der Waals surface area contributed by atoms with Gasteiger partial charge in [-0.1, -0.05) is 6.42 Å². The first kappa shape index (κ1) is 8.92. The van der Waals surface area contributed by atoms with E-state index in [1.807, 2.05) is 12.3 Å². The number of rotatable bonds is 1. The van der Waals surface area contributed by atoms with Crippen LogP contribution in [-0.2, 0) is 0 Å². The zero-order valence-electron chi connectivity index (χ0n) is 8.66. The van der Waals surface area contributed by atoms with Crippen LogP contribution in [0.25, 0.3) is 11.0 Å². The molecule has 0 radical (unpaired) electrons. The van der Waals surface area contributed by atoms with Gasteiger partial charge in [0.2, 0.25) is 0 Å². The van der Waals surface area contributed by atoms with Crippen molar-refractivity contribution in [3.8, 4) is 0 Å². The Bertz CT molecular complexity index is 455. The molecule has 0 amide bonds. The van der Waals surface area contributed by atoms with Gasteiger partial charge in [0.15, 0.2) is 0 Å². The average Bonchev–Trinajstić information content (AvgIpc) is 2.77. The van der Waals surface area contributed by atoms with E-state index in [1.54, 1.807) is 0 Å². The van der Waals surface area contributed by atoms with Gasteiger partial charge in [0.1, 0.15) is 0 Å². The van der Waals surface area contributed by atoms with Crippen LogP contribution in [-0.4, -0.2) is 16.5 Å². The molecule has 0 spiro atoms. The molecule has 1 fully saturated rings. The SMILES string of the molecule is c1cc2nc([C@H]3CCCCN3)ccc2[nH]1. The third-order valence-electron chi connectivity index (χ3n) is 3.09. The largest absolute Gasteiger partial charge is 0.360 e. The van der Waals surface area contributed by atoms with E-state index in [1.165, 1.54) is 25.0 Å². The van der Waals surface area contributed by atoms with E-state index in [0.717, 1.165) is 17.6 Å². The summed E-state index contributed by atoms with van der Waals surface area (Å²) in [6.07, 6.45) is 5.76. The highest BCUT2D eigenvalue weighted by atomic mass is 14.9. The van der Waals surface area contributed by atoms with Gasteiger partial charge in [-0.05, 0) is 37.6 Å². The second-order valence-corrected chi connectivity index (χ2v) is 4.15. The fraction of sp³-hybridized carbons (Fsp3) is 0.417. The van der Waals surface area contributed by atoms with Crippen LogP contribution in [0.2, 0.25) is 0 Å². The maximum absolute atomic E-state index is 4.67. The van der Waals surface area contributed by atoms with Crippen LogP contribution in [0.3, 0.4) is 0 Å². The topological polar surface area (TPSA) is 40.7 Å². The lowest BCUT2D eigenvalue weighted by atomic mass is 10.0. The van der Waals surface area contributed by atoms with Gasteiger partial charge in [-0.2, -0.15) is 0 Å². The van der Waals surface area contributed by atoms with Crippen LogP contribution in [0.15, 0.2) is 24.4 Å². The lowest BCUT2D eigenvalue weighted by molar-refractivity contribution is 0.406. The number of hydrogen-bond acceptors (Lipinski definition) is 2. The highest BCUT2D eigenvalue weighted by Gasteiger charge is 2.15. The summed E-state index contributed by atoms with van der Waals surface area (Å²) < 4.78 is 0. The van der Waals surface area contributed by atoms with Gasteiger partial charge in [0, 0.05) is 12.2 Å². The van der Waals surface area contributed by atoms with Gasteiger partial charge in [-0.3, -0.25) is 0 Å². The molecular weight excluding hydrogens is 186 g/mol. The normalized spacial score (nSPS) is 22.0. The molecule has 1 atom stereocenters. The van der Waals surface area contributed by atoms with Crippen molar-refractivity contribution >= 4 is 11.0 Å². The Hall–Kier alpha value is -1.35. The third kappa shape index (κ3) is 1.63. The highest BCUT2D eigenvalue weighted by Crippen LogP contribution is 2.22. The number of nitrogens with one attached hydrogen (secondary N) is 2. The van der Waals surface area contributed by atoms with E-state index in [0.29, 0.717) is 6.04 Å². The number of H-pyrrole nitrogens is 1. The number of pyridine rings is 1. The van der Waals surface area contributed by atoms with Crippen molar-refractivity contribution in [2.75, 3.05) is 6.54 Å². The molecule has 1 saturated heterocycles. The Morgan fingerprint density at radius 1 is 1.20 bits per heavy atom. The van der Waals surface area contributed by atoms with E-state index in [9.17, 15) is 0 Å². The molecule has 3 heterocycles. The molecule has 1 aliphatic rings. The molecule has 1 aliphatic heterocycles. The number of fused-ring (bicyclic) bond motifs is 1. The molecule has 2 aromatic heterocycles. The summed E-state index contributed by atoms with van der Waals surface area (Å²) >= 11 is 0. The minimum Gasteiger partial charge on any atom is -0.360 e. The van der Waals surface area contributed by atoms with Crippen LogP contribution >= 0.6 is 0 Å². The minimum absolute atomic E-state index is 0.457. The minimum atomic E-state index is 0.457. The average molecular weight is 201 g/mol. The van der Waals surface area contributed by atoms with Gasteiger partial charge in [-0.15, -0.1) is 0 Å². The van der Waals surface area contributed by atoms with Crippen molar-refractivity contribution in [2.45, 2.75) is 25.3 Å². The fourth-order valence-electron chi connectivity index (χ4n) is 2.25. The monoisotopic (exact) mass is 201 g/mol. The molecule has 3 rings (SSSR count). The van der Waals surface area contributed by atoms with Crippen LogP contribution in [0.5, 0.6) is 0 Å². The number of hydrogen-bond donors (Lipinski definition) is 2. The number of aromatic amines is 1. The molecule has 0 aliphatic carbocycles. The molecule has 3 nitrogen and oxygen atoms in total. The van der Waals surface area contributed by atoms with Crippen LogP contribution in [0, 0.1) is 0 Å². The van der Waals surface area contributed by atoms with Crippen molar-refractivity contribution in [3.05, 3.63) is 30.1 Å². The lowest BCUT2D eigenvalue weighted by Crippen LogP contribution is -2.27. The van der Waals surface area contributed by atoms with Crippen molar-refractivity contribution in [1.82, 2.24) is 15.3 Å². The predicted molar refractivity (Wildman–Crippen MR) is 60.7 cm³/mol.